The Morgan fingerprint density at radius 2 is 2.19 bits per heavy atom. The van der Waals surface area contributed by atoms with Crippen molar-refractivity contribution >= 4 is 38.9 Å². The van der Waals surface area contributed by atoms with Crippen molar-refractivity contribution in [1.82, 2.24) is 4.90 Å². The van der Waals surface area contributed by atoms with Gasteiger partial charge in [0.1, 0.15) is 0 Å². The lowest BCUT2D eigenvalue weighted by Gasteiger charge is -2.34. The number of hydrogen-bond acceptors (Lipinski definition) is 2. The van der Waals surface area contributed by atoms with Gasteiger partial charge in [-0.15, -0.1) is 11.3 Å². The van der Waals surface area contributed by atoms with E-state index >= 15 is 0 Å². The molecule has 0 radical (unpaired) electrons. The predicted molar refractivity (Wildman–Crippen MR) is 75.8 cm³/mol. The molecule has 4 heteroatoms. The van der Waals surface area contributed by atoms with Crippen molar-refractivity contribution < 1.29 is 0 Å². The first kappa shape index (κ1) is 12.9. The summed E-state index contributed by atoms with van der Waals surface area (Å²) in [5, 5.41) is 0. The summed E-state index contributed by atoms with van der Waals surface area (Å²) < 4.78 is 0.891. The highest BCUT2D eigenvalue weighted by atomic mass is 79.9. The zero-order valence-corrected chi connectivity index (χ0v) is 12.6. The fourth-order valence-electron chi connectivity index (χ4n) is 2.36. The quantitative estimate of drug-likeness (QED) is 0.739. The molecule has 2 rings (SSSR count). The largest absolute Gasteiger partial charge is 0.297 e. The summed E-state index contributed by atoms with van der Waals surface area (Å²) in [5.41, 5.74) is 0. The van der Waals surface area contributed by atoms with Gasteiger partial charge < -0.3 is 0 Å². The summed E-state index contributed by atoms with van der Waals surface area (Å²) in [7, 11) is 2.22. The molecule has 0 spiro atoms. The van der Waals surface area contributed by atoms with E-state index < -0.39 is 0 Å². The average Bonchev–Trinajstić information content (AvgIpc) is 2.64. The smallest absolute Gasteiger partial charge is 0.0931 e. The molecule has 2 atom stereocenters. The molecule has 1 fully saturated rings. The Kier molecular flexibility index (Phi) is 4.71. The molecule has 1 saturated carbocycles. The molecule has 0 amide bonds. The van der Waals surface area contributed by atoms with Crippen LogP contribution in [0.5, 0.6) is 0 Å². The first-order valence-electron chi connectivity index (χ1n) is 5.75. The second-order valence-corrected chi connectivity index (χ2v) is 7.46. The third-order valence-corrected chi connectivity index (χ3v) is 5.53. The van der Waals surface area contributed by atoms with Gasteiger partial charge in [0.2, 0.25) is 0 Å². The molecular weight excluding hydrogens is 306 g/mol. The van der Waals surface area contributed by atoms with Crippen molar-refractivity contribution in [3.8, 4) is 0 Å². The summed E-state index contributed by atoms with van der Waals surface area (Å²) >= 11 is 11.4. The zero-order chi connectivity index (χ0) is 11.5. The maximum Gasteiger partial charge on any atom is 0.0931 e. The highest BCUT2D eigenvalue weighted by Gasteiger charge is 2.26. The third kappa shape index (κ3) is 3.22. The van der Waals surface area contributed by atoms with Crippen LogP contribution in [-0.4, -0.2) is 22.8 Å². The van der Waals surface area contributed by atoms with Crippen LogP contribution in [0.25, 0.3) is 0 Å². The number of hydrogen-bond donors (Lipinski definition) is 0. The number of thiophene rings is 1. The number of halogens is 2. The first-order chi connectivity index (χ1) is 7.66. The Bertz CT molecular complexity index is 342. The van der Waals surface area contributed by atoms with Crippen LogP contribution in [-0.2, 0) is 6.54 Å². The van der Waals surface area contributed by atoms with Crippen molar-refractivity contribution in [1.29, 1.82) is 0 Å². The van der Waals surface area contributed by atoms with Gasteiger partial charge in [0, 0.05) is 22.3 Å². The van der Waals surface area contributed by atoms with Crippen molar-refractivity contribution in [3.05, 3.63) is 21.3 Å². The lowest BCUT2D eigenvalue weighted by molar-refractivity contribution is 0.194. The van der Waals surface area contributed by atoms with Crippen molar-refractivity contribution in [2.75, 3.05) is 7.05 Å². The molecule has 90 valence electrons. The van der Waals surface area contributed by atoms with Crippen LogP contribution in [0, 0.1) is 0 Å². The summed E-state index contributed by atoms with van der Waals surface area (Å²) in [5.74, 6) is 0. The van der Waals surface area contributed by atoms with E-state index in [1.807, 2.05) is 6.07 Å². The van der Waals surface area contributed by atoms with Gasteiger partial charge in [-0.3, -0.25) is 4.90 Å². The summed E-state index contributed by atoms with van der Waals surface area (Å²) in [6.07, 6.45) is 5.35. The van der Waals surface area contributed by atoms with Crippen LogP contribution in [0.2, 0.25) is 4.34 Å². The molecule has 16 heavy (non-hydrogen) atoms. The molecule has 1 aliphatic carbocycles. The van der Waals surface area contributed by atoms with Gasteiger partial charge in [-0.25, -0.2) is 0 Å². The van der Waals surface area contributed by atoms with E-state index in [1.165, 1.54) is 30.6 Å². The van der Waals surface area contributed by atoms with Crippen molar-refractivity contribution in [2.24, 2.45) is 0 Å². The molecular formula is C12H17BrClNS. The molecule has 1 nitrogen and oxygen atoms in total. The summed E-state index contributed by atoms with van der Waals surface area (Å²) in [6, 6.07) is 4.80. The SMILES string of the molecule is CN(Cc1ccc(Cl)s1)C1CCCCC1Br. The van der Waals surface area contributed by atoms with Crippen LogP contribution in [0.15, 0.2) is 12.1 Å². The highest BCUT2D eigenvalue weighted by molar-refractivity contribution is 9.09. The summed E-state index contributed by atoms with van der Waals surface area (Å²) in [4.78, 5) is 4.47. The molecule has 0 N–H and O–H groups in total. The maximum atomic E-state index is 5.95. The molecule has 1 heterocycles. The standard InChI is InChI=1S/C12H17BrClNS/c1-15(8-9-6-7-12(14)16-9)11-5-3-2-4-10(11)13/h6-7,10-11H,2-5,8H2,1H3. The van der Waals surface area contributed by atoms with E-state index in [2.05, 4.69) is 33.9 Å². The second kappa shape index (κ2) is 5.85. The monoisotopic (exact) mass is 321 g/mol. The fourth-order valence-corrected chi connectivity index (χ4v) is 4.51. The van der Waals surface area contributed by atoms with Gasteiger partial charge >= 0.3 is 0 Å². The molecule has 0 bridgehead atoms. The second-order valence-electron chi connectivity index (χ2n) is 4.49. The van der Waals surface area contributed by atoms with Gasteiger partial charge in [0.05, 0.1) is 4.34 Å². The normalized spacial score (nSPS) is 26.2. The first-order valence-corrected chi connectivity index (χ1v) is 7.86. The predicted octanol–water partition coefficient (Wildman–Crippen LogP) is 4.54. The molecule has 0 aromatic carbocycles. The lowest BCUT2D eigenvalue weighted by atomic mass is 9.94. The summed E-state index contributed by atoms with van der Waals surface area (Å²) in [6.45, 7) is 1.02. The minimum Gasteiger partial charge on any atom is -0.297 e. The zero-order valence-electron chi connectivity index (χ0n) is 9.46. The molecule has 0 saturated heterocycles. The van der Waals surface area contributed by atoms with Crippen LogP contribution >= 0.6 is 38.9 Å². The van der Waals surface area contributed by atoms with E-state index in [0.717, 1.165) is 10.9 Å². The Morgan fingerprint density at radius 1 is 1.44 bits per heavy atom. The van der Waals surface area contributed by atoms with E-state index in [4.69, 9.17) is 11.6 Å². The molecule has 2 unspecified atom stereocenters. The Labute approximate surface area is 115 Å². The number of rotatable bonds is 3. The van der Waals surface area contributed by atoms with Crippen molar-refractivity contribution in [3.63, 3.8) is 0 Å². The minimum absolute atomic E-state index is 0.654. The fraction of sp³-hybridized carbons (Fsp3) is 0.667. The maximum absolute atomic E-state index is 5.95. The average molecular weight is 323 g/mol. The molecule has 1 aromatic rings. The number of nitrogens with zero attached hydrogens (tertiary/aromatic N) is 1. The van der Waals surface area contributed by atoms with E-state index in [0.29, 0.717) is 10.9 Å². The van der Waals surface area contributed by atoms with E-state index in [-0.39, 0.29) is 0 Å². The topological polar surface area (TPSA) is 3.24 Å². The number of alkyl halides is 1. The van der Waals surface area contributed by atoms with Crippen LogP contribution in [0.4, 0.5) is 0 Å². The molecule has 1 aliphatic rings. The Morgan fingerprint density at radius 3 is 2.81 bits per heavy atom. The third-order valence-electron chi connectivity index (χ3n) is 3.25. The molecule has 0 aliphatic heterocycles. The van der Waals surface area contributed by atoms with Crippen LogP contribution in [0.3, 0.4) is 0 Å². The van der Waals surface area contributed by atoms with Gasteiger partial charge in [0.25, 0.3) is 0 Å². The Hall–Kier alpha value is 0.430. The van der Waals surface area contributed by atoms with Crippen LogP contribution < -0.4 is 0 Å². The minimum atomic E-state index is 0.654. The molecule has 1 aromatic heterocycles. The van der Waals surface area contributed by atoms with Gasteiger partial charge in [-0.2, -0.15) is 0 Å². The van der Waals surface area contributed by atoms with Gasteiger partial charge in [0.15, 0.2) is 0 Å². The van der Waals surface area contributed by atoms with E-state index in [1.54, 1.807) is 11.3 Å². The Balaban J connectivity index is 1.93. The van der Waals surface area contributed by atoms with Gasteiger partial charge in [-0.05, 0) is 32.0 Å². The highest BCUT2D eigenvalue weighted by Crippen LogP contribution is 2.30. The van der Waals surface area contributed by atoms with Crippen LogP contribution in [0.1, 0.15) is 30.6 Å². The lowest BCUT2D eigenvalue weighted by Crippen LogP contribution is -2.39. The van der Waals surface area contributed by atoms with E-state index in [9.17, 15) is 0 Å². The van der Waals surface area contributed by atoms with Crippen molar-refractivity contribution in [2.45, 2.75) is 43.1 Å². The van der Waals surface area contributed by atoms with Gasteiger partial charge in [-0.1, -0.05) is 40.4 Å².